The number of amides is 1. The number of aryl methyl sites for hydroxylation is 1. The molecule has 2 aliphatic heterocycles. The molecule has 154 valence electrons. The van der Waals surface area contributed by atoms with Gasteiger partial charge in [-0.15, -0.1) is 0 Å². The standard InChI is InChI=1S/C21H22N6O3/c1-14-22-6-9-27(14)20-11-19(23-12-24-20)26-7-4-15(5-8-26)21(28)25-16-2-3-17-18(10-16)30-13-29-17/h2-3,6,9-12,15H,4-5,7-8,13H2,1H3,(H,25,28). The van der Waals surface area contributed by atoms with Crippen LogP contribution in [0.1, 0.15) is 18.7 Å². The summed E-state index contributed by atoms with van der Waals surface area (Å²) >= 11 is 0. The summed E-state index contributed by atoms with van der Waals surface area (Å²) in [5, 5.41) is 3.00. The molecule has 5 rings (SSSR count). The number of aromatic nitrogens is 4. The van der Waals surface area contributed by atoms with Gasteiger partial charge < -0.3 is 19.7 Å². The Morgan fingerprint density at radius 2 is 1.87 bits per heavy atom. The highest BCUT2D eigenvalue weighted by atomic mass is 16.7. The summed E-state index contributed by atoms with van der Waals surface area (Å²) in [5.41, 5.74) is 0.725. The minimum atomic E-state index is -0.0381. The van der Waals surface area contributed by atoms with Crippen LogP contribution in [0.25, 0.3) is 5.82 Å². The number of ether oxygens (including phenoxy) is 2. The van der Waals surface area contributed by atoms with Gasteiger partial charge in [0.15, 0.2) is 11.5 Å². The fourth-order valence-electron chi connectivity index (χ4n) is 3.85. The van der Waals surface area contributed by atoms with Gasteiger partial charge in [-0.3, -0.25) is 9.36 Å². The van der Waals surface area contributed by atoms with Crippen molar-refractivity contribution in [2.45, 2.75) is 19.8 Å². The van der Waals surface area contributed by atoms with E-state index >= 15 is 0 Å². The van der Waals surface area contributed by atoms with Gasteiger partial charge >= 0.3 is 0 Å². The predicted molar refractivity (Wildman–Crippen MR) is 110 cm³/mol. The Labute approximate surface area is 173 Å². The zero-order valence-electron chi connectivity index (χ0n) is 16.6. The van der Waals surface area contributed by atoms with Crippen molar-refractivity contribution in [1.29, 1.82) is 0 Å². The largest absolute Gasteiger partial charge is 0.454 e. The second-order valence-corrected chi connectivity index (χ2v) is 7.40. The van der Waals surface area contributed by atoms with Gasteiger partial charge in [-0.05, 0) is 31.9 Å². The zero-order chi connectivity index (χ0) is 20.5. The Balaban J connectivity index is 1.21. The third-order valence-corrected chi connectivity index (χ3v) is 5.54. The van der Waals surface area contributed by atoms with Crippen molar-refractivity contribution in [2.24, 2.45) is 5.92 Å². The van der Waals surface area contributed by atoms with Gasteiger partial charge in [-0.25, -0.2) is 15.0 Å². The summed E-state index contributed by atoms with van der Waals surface area (Å²) in [7, 11) is 0. The first-order chi connectivity index (χ1) is 14.7. The lowest BCUT2D eigenvalue weighted by Crippen LogP contribution is -2.38. The molecule has 9 nitrogen and oxygen atoms in total. The maximum Gasteiger partial charge on any atom is 0.231 e. The first kappa shape index (κ1) is 18.4. The Hall–Kier alpha value is -3.62. The fourth-order valence-corrected chi connectivity index (χ4v) is 3.85. The molecule has 1 fully saturated rings. The average molecular weight is 406 g/mol. The summed E-state index contributed by atoms with van der Waals surface area (Å²) in [4.78, 5) is 27.9. The summed E-state index contributed by atoms with van der Waals surface area (Å²) < 4.78 is 12.6. The maximum atomic E-state index is 12.7. The molecular formula is C21H22N6O3. The Morgan fingerprint density at radius 1 is 1.07 bits per heavy atom. The smallest absolute Gasteiger partial charge is 0.231 e. The first-order valence-corrected chi connectivity index (χ1v) is 9.95. The van der Waals surface area contributed by atoms with Crippen LogP contribution >= 0.6 is 0 Å². The molecule has 0 saturated carbocycles. The van der Waals surface area contributed by atoms with Crippen LogP contribution in [-0.4, -0.2) is 45.3 Å². The van der Waals surface area contributed by atoms with E-state index in [4.69, 9.17) is 9.47 Å². The van der Waals surface area contributed by atoms with Crippen molar-refractivity contribution < 1.29 is 14.3 Å². The highest BCUT2D eigenvalue weighted by molar-refractivity contribution is 5.93. The molecule has 1 amide bonds. The van der Waals surface area contributed by atoms with Gasteiger partial charge in [0.2, 0.25) is 12.7 Å². The van der Waals surface area contributed by atoms with Crippen LogP contribution in [0.15, 0.2) is 43.0 Å². The molecule has 0 spiro atoms. The first-order valence-electron chi connectivity index (χ1n) is 9.95. The van der Waals surface area contributed by atoms with Crippen LogP contribution in [0.3, 0.4) is 0 Å². The van der Waals surface area contributed by atoms with E-state index < -0.39 is 0 Å². The highest BCUT2D eigenvalue weighted by Crippen LogP contribution is 2.34. The van der Waals surface area contributed by atoms with Crippen LogP contribution in [-0.2, 0) is 4.79 Å². The summed E-state index contributed by atoms with van der Waals surface area (Å²) in [6.07, 6.45) is 6.73. The Morgan fingerprint density at radius 3 is 2.67 bits per heavy atom. The molecule has 4 heterocycles. The van der Waals surface area contributed by atoms with E-state index in [0.29, 0.717) is 11.5 Å². The number of benzene rings is 1. The number of piperidine rings is 1. The van der Waals surface area contributed by atoms with Crippen molar-refractivity contribution in [3.63, 3.8) is 0 Å². The van der Waals surface area contributed by atoms with Crippen molar-refractivity contribution in [1.82, 2.24) is 19.5 Å². The molecule has 1 aromatic carbocycles. The van der Waals surface area contributed by atoms with E-state index in [9.17, 15) is 4.79 Å². The van der Waals surface area contributed by atoms with Crippen LogP contribution in [0.2, 0.25) is 0 Å². The van der Waals surface area contributed by atoms with Gasteiger partial charge in [0.1, 0.15) is 23.8 Å². The number of imidazole rings is 1. The predicted octanol–water partition coefficient (Wildman–Crippen LogP) is 2.55. The third kappa shape index (κ3) is 3.54. The van der Waals surface area contributed by atoms with Crippen LogP contribution in [0, 0.1) is 12.8 Å². The van der Waals surface area contributed by atoms with E-state index in [2.05, 4.69) is 25.2 Å². The molecule has 0 atom stereocenters. The minimum Gasteiger partial charge on any atom is -0.454 e. The molecule has 0 radical (unpaired) electrons. The second kappa shape index (κ2) is 7.66. The number of nitrogens with zero attached hydrogens (tertiary/aromatic N) is 5. The van der Waals surface area contributed by atoms with Crippen LogP contribution in [0.5, 0.6) is 11.5 Å². The second-order valence-electron chi connectivity index (χ2n) is 7.40. The lowest BCUT2D eigenvalue weighted by atomic mass is 9.96. The normalized spacial score (nSPS) is 16.0. The van der Waals surface area contributed by atoms with E-state index in [-0.39, 0.29) is 18.6 Å². The lowest BCUT2D eigenvalue weighted by molar-refractivity contribution is -0.120. The number of fused-ring (bicyclic) bond motifs is 1. The van der Waals surface area contributed by atoms with Crippen molar-refractivity contribution in [3.8, 4) is 17.3 Å². The molecule has 9 heteroatoms. The summed E-state index contributed by atoms with van der Waals surface area (Å²) in [6, 6.07) is 7.41. The molecule has 0 unspecified atom stereocenters. The lowest BCUT2D eigenvalue weighted by Gasteiger charge is -2.32. The SMILES string of the molecule is Cc1nccn1-c1cc(N2CCC(C(=O)Nc3ccc4c(c3)OCO4)CC2)ncn1. The molecular weight excluding hydrogens is 384 g/mol. The number of anilines is 2. The van der Waals surface area contributed by atoms with Gasteiger partial charge in [-0.1, -0.05) is 0 Å². The Bertz CT molecular complexity index is 1070. The van der Waals surface area contributed by atoms with Gasteiger partial charge in [0.25, 0.3) is 0 Å². The molecule has 1 saturated heterocycles. The monoisotopic (exact) mass is 406 g/mol. The number of carbonyl (C=O) groups excluding carboxylic acids is 1. The van der Waals surface area contributed by atoms with E-state index in [1.807, 2.05) is 35.9 Å². The maximum absolute atomic E-state index is 12.7. The third-order valence-electron chi connectivity index (χ3n) is 5.54. The van der Waals surface area contributed by atoms with E-state index in [0.717, 1.165) is 49.1 Å². The zero-order valence-corrected chi connectivity index (χ0v) is 16.6. The van der Waals surface area contributed by atoms with Gasteiger partial charge in [-0.2, -0.15) is 0 Å². The fraction of sp³-hybridized carbons (Fsp3) is 0.333. The number of hydrogen-bond acceptors (Lipinski definition) is 7. The summed E-state index contributed by atoms with van der Waals surface area (Å²) in [6.45, 7) is 3.68. The molecule has 0 aliphatic carbocycles. The number of carbonyl (C=O) groups is 1. The minimum absolute atomic E-state index is 0.0333. The van der Waals surface area contributed by atoms with Crippen molar-refractivity contribution in [3.05, 3.63) is 48.8 Å². The molecule has 1 N–H and O–H groups in total. The van der Waals surface area contributed by atoms with E-state index in [1.54, 1.807) is 18.6 Å². The Kier molecular flexibility index (Phi) is 4.70. The molecule has 0 bridgehead atoms. The van der Waals surface area contributed by atoms with Crippen molar-refractivity contribution in [2.75, 3.05) is 30.1 Å². The molecule has 30 heavy (non-hydrogen) atoms. The van der Waals surface area contributed by atoms with Crippen LogP contribution in [0.4, 0.5) is 11.5 Å². The number of rotatable bonds is 4. The topological polar surface area (TPSA) is 94.4 Å². The average Bonchev–Trinajstić information content (AvgIpc) is 3.42. The highest BCUT2D eigenvalue weighted by Gasteiger charge is 2.26. The van der Waals surface area contributed by atoms with Gasteiger partial charge in [0, 0.05) is 49.2 Å². The molecule has 2 aliphatic rings. The number of nitrogens with one attached hydrogen (secondary N) is 1. The summed E-state index contributed by atoms with van der Waals surface area (Å²) in [5.74, 6) is 3.89. The molecule has 2 aromatic heterocycles. The van der Waals surface area contributed by atoms with E-state index in [1.165, 1.54) is 0 Å². The van der Waals surface area contributed by atoms with Crippen molar-refractivity contribution >= 4 is 17.4 Å². The van der Waals surface area contributed by atoms with Gasteiger partial charge in [0.05, 0.1) is 0 Å². The van der Waals surface area contributed by atoms with Crippen LogP contribution < -0.4 is 19.7 Å². The quantitative estimate of drug-likeness (QED) is 0.711. The number of hydrogen-bond donors (Lipinski definition) is 1. The molecule has 3 aromatic rings.